The van der Waals surface area contributed by atoms with E-state index in [0.717, 1.165) is 5.57 Å². The highest BCUT2D eigenvalue weighted by molar-refractivity contribution is 5.20. The van der Waals surface area contributed by atoms with Gasteiger partial charge in [-0.05, 0) is 18.4 Å². The molecule has 0 aromatic heterocycles. The number of hydroxylamine groups is 1. The van der Waals surface area contributed by atoms with Gasteiger partial charge in [0.2, 0.25) is 0 Å². The molecule has 0 heterocycles. The van der Waals surface area contributed by atoms with Crippen LogP contribution >= 0.6 is 0 Å². The summed E-state index contributed by atoms with van der Waals surface area (Å²) in [5, 5.41) is 10.4. The molecule has 0 amide bonds. The number of rotatable bonds is 3. The lowest BCUT2D eigenvalue weighted by Crippen LogP contribution is -1.92. The van der Waals surface area contributed by atoms with Crippen LogP contribution in [-0.4, -0.2) is 11.5 Å². The summed E-state index contributed by atoms with van der Waals surface area (Å²) in [4.78, 5) is 0. The first-order valence-electron chi connectivity index (χ1n) is 3.69. The normalized spacial score (nSPS) is 12.9. The van der Waals surface area contributed by atoms with Crippen molar-refractivity contribution in [2.75, 3.05) is 0 Å². The van der Waals surface area contributed by atoms with Crippen molar-refractivity contribution < 1.29 is 4.74 Å². The molecule has 0 unspecified atom stereocenters. The molecule has 0 radical (unpaired) electrons. The fraction of sp³-hybridized carbons (Fsp3) is 0.444. The van der Waals surface area contributed by atoms with Gasteiger partial charge in [-0.3, -0.25) is 0 Å². The molecule has 0 bridgehead atoms. The standard InChI is InChI=1S/C9H15NO/c1-5-9(8(2)3)6-7-10(4)11/h5-8H,4H2,1-3H3/b7-6-,9-5+. The molecule has 0 N–H and O–H groups in total. The average molecular weight is 153 g/mol. The summed E-state index contributed by atoms with van der Waals surface area (Å²) < 4.78 is 0.547. The third-order valence-corrected chi connectivity index (χ3v) is 1.43. The van der Waals surface area contributed by atoms with E-state index in [0.29, 0.717) is 10.7 Å². The summed E-state index contributed by atoms with van der Waals surface area (Å²) in [5.41, 5.74) is 1.15. The first-order valence-corrected chi connectivity index (χ1v) is 3.69. The van der Waals surface area contributed by atoms with Gasteiger partial charge in [0, 0.05) is 6.08 Å². The molecule has 0 spiro atoms. The first-order chi connectivity index (χ1) is 5.07. The van der Waals surface area contributed by atoms with Crippen LogP contribution in [0.5, 0.6) is 0 Å². The Kier molecular flexibility index (Phi) is 4.27. The monoisotopic (exact) mass is 153 g/mol. The molecule has 0 rings (SSSR count). The summed E-state index contributed by atoms with van der Waals surface area (Å²) in [7, 11) is 0. The lowest BCUT2D eigenvalue weighted by molar-refractivity contribution is -0.367. The Bertz CT molecular complexity index is 190. The molecule has 0 saturated heterocycles. The van der Waals surface area contributed by atoms with Crippen molar-refractivity contribution >= 4 is 6.72 Å². The molecule has 0 aliphatic heterocycles. The second-order valence-electron chi connectivity index (χ2n) is 2.68. The summed E-state index contributed by atoms with van der Waals surface area (Å²) in [5.74, 6) is 0.455. The molecule has 0 aromatic carbocycles. The smallest absolute Gasteiger partial charge is 0.179 e. The zero-order chi connectivity index (χ0) is 8.85. The molecule has 0 aliphatic carbocycles. The Morgan fingerprint density at radius 1 is 1.55 bits per heavy atom. The minimum Gasteiger partial charge on any atom is -0.619 e. The topological polar surface area (TPSA) is 26.1 Å². The first kappa shape index (κ1) is 9.95. The average Bonchev–Trinajstić information content (AvgIpc) is 1.87. The molecule has 0 aromatic rings. The van der Waals surface area contributed by atoms with Crippen LogP contribution in [0.3, 0.4) is 0 Å². The van der Waals surface area contributed by atoms with Gasteiger partial charge < -0.3 is 5.21 Å². The second-order valence-corrected chi connectivity index (χ2v) is 2.68. The van der Waals surface area contributed by atoms with E-state index in [1.165, 1.54) is 6.20 Å². The van der Waals surface area contributed by atoms with Gasteiger partial charge in [0.15, 0.2) is 6.20 Å². The van der Waals surface area contributed by atoms with E-state index in [1.54, 1.807) is 6.08 Å². The summed E-state index contributed by atoms with van der Waals surface area (Å²) >= 11 is 0. The highest BCUT2D eigenvalue weighted by Gasteiger charge is 1.96. The van der Waals surface area contributed by atoms with E-state index in [-0.39, 0.29) is 0 Å². The highest BCUT2D eigenvalue weighted by atomic mass is 16.5. The molecule has 2 nitrogen and oxygen atoms in total. The zero-order valence-corrected chi connectivity index (χ0v) is 7.37. The number of hydrogen-bond acceptors (Lipinski definition) is 1. The minimum absolute atomic E-state index is 0.455. The Hall–Kier alpha value is -1.05. The number of allylic oxidation sites excluding steroid dienone is 3. The van der Waals surface area contributed by atoms with Crippen LogP contribution in [0.1, 0.15) is 20.8 Å². The molecule has 2 heteroatoms. The summed E-state index contributed by atoms with van der Waals surface area (Å²) in [6.45, 7) is 9.29. The number of hydrogen-bond donors (Lipinski definition) is 0. The van der Waals surface area contributed by atoms with E-state index < -0.39 is 0 Å². The summed E-state index contributed by atoms with van der Waals surface area (Å²) in [6.07, 6.45) is 5.19. The zero-order valence-electron chi connectivity index (χ0n) is 7.37. The Morgan fingerprint density at radius 2 is 2.09 bits per heavy atom. The molecule has 0 aliphatic rings. The Balaban J connectivity index is 4.22. The van der Waals surface area contributed by atoms with Gasteiger partial charge >= 0.3 is 0 Å². The third-order valence-electron chi connectivity index (χ3n) is 1.43. The maximum atomic E-state index is 10.4. The lowest BCUT2D eigenvalue weighted by atomic mass is 10.0. The van der Waals surface area contributed by atoms with Crippen LogP contribution in [0.25, 0.3) is 0 Å². The summed E-state index contributed by atoms with van der Waals surface area (Å²) in [6, 6.07) is 0. The van der Waals surface area contributed by atoms with Gasteiger partial charge in [-0.15, -0.1) is 0 Å². The van der Waals surface area contributed by atoms with Crippen molar-refractivity contribution in [3.8, 4) is 0 Å². The van der Waals surface area contributed by atoms with Gasteiger partial charge in [-0.25, -0.2) is 0 Å². The fourth-order valence-corrected chi connectivity index (χ4v) is 0.791. The van der Waals surface area contributed by atoms with Crippen LogP contribution in [-0.2, 0) is 0 Å². The fourth-order valence-electron chi connectivity index (χ4n) is 0.791. The second kappa shape index (κ2) is 4.72. The van der Waals surface area contributed by atoms with Crippen LogP contribution in [0, 0.1) is 11.1 Å². The molecular formula is C9H15NO. The molecule has 62 valence electrons. The van der Waals surface area contributed by atoms with Crippen molar-refractivity contribution in [3.05, 3.63) is 29.1 Å². The van der Waals surface area contributed by atoms with Crippen LogP contribution in [0.2, 0.25) is 0 Å². The molecule has 0 fully saturated rings. The van der Waals surface area contributed by atoms with Gasteiger partial charge in [0.1, 0.15) is 6.72 Å². The Labute approximate surface area is 68.1 Å². The van der Waals surface area contributed by atoms with E-state index in [1.807, 2.05) is 13.0 Å². The van der Waals surface area contributed by atoms with Gasteiger partial charge in [-0.1, -0.05) is 19.9 Å². The predicted molar refractivity (Wildman–Crippen MR) is 48.5 cm³/mol. The minimum atomic E-state index is 0.455. The van der Waals surface area contributed by atoms with Crippen molar-refractivity contribution in [1.29, 1.82) is 0 Å². The Morgan fingerprint density at radius 3 is 2.36 bits per heavy atom. The van der Waals surface area contributed by atoms with Gasteiger partial charge in [0.05, 0.1) is 0 Å². The van der Waals surface area contributed by atoms with Gasteiger partial charge in [-0.2, -0.15) is 4.74 Å². The van der Waals surface area contributed by atoms with E-state index in [2.05, 4.69) is 20.6 Å². The van der Waals surface area contributed by atoms with Gasteiger partial charge in [0.25, 0.3) is 0 Å². The maximum absolute atomic E-state index is 10.4. The van der Waals surface area contributed by atoms with Crippen molar-refractivity contribution in [3.63, 3.8) is 0 Å². The largest absolute Gasteiger partial charge is 0.619 e. The lowest BCUT2D eigenvalue weighted by Gasteiger charge is -2.03. The predicted octanol–water partition coefficient (Wildman–Crippen LogP) is 2.31. The SMILES string of the molecule is C=[N+]([O-])/C=C\C(=C/C)C(C)C. The van der Waals surface area contributed by atoms with E-state index in [9.17, 15) is 5.21 Å². The maximum Gasteiger partial charge on any atom is 0.179 e. The van der Waals surface area contributed by atoms with Crippen LogP contribution < -0.4 is 0 Å². The third kappa shape index (κ3) is 4.37. The van der Waals surface area contributed by atoms with Crippen molar-refractivity contribution in [1.82, 2.24) is 0 Å². The quantitative estimate of drug-likeness (QED) is 0.201. The number of nitrogens with zero attached hydrogens (tertiary/aromatic N) is 1. The molecule has 0 atom stereocenters. The van der Waals surface area contributed by atoms with Crippen LogP contribution in [0.4, 0.5) is 0 Å². The highest BCUT2D eigenvalue weighted by Crippen LogP contribution is 2.09. The molecular weight excluding hydrogens is 138 g/mol. The van der Waals surface area contributed by atoms with E-state index in [4.69, 9.17) is 0 Å². The van der Waals surface area contributed by atoms with Crippen LogP contribution in [0.15, 0.2) is 23.9 Å². The van der Waals surface area contributed by atoms with Crippen molar-refractivity contribution in [2.45, 2.75) is 20.8 Å². The van der Waals surface area contributed by atoms with Crippen molar-refractivity contribution in [2.24, 2.45) is 5.92 Å². The molecule has 11 heavy (non-hydrogen) atoms. The van der Waals surface area contributed by atoms with E-state index >= 15 is 0 Å². The molecule has 0 saturated carbocycles.